The van der Waals surface area contributed by atoms with E-state index in [2.05, 4.69) is 10.2 Å². The van der Waals surface area contributed by atoms with Crippen LogP contribution in [0, 0.1) is 6.92 Å². The van der Waals surface area contributed by atoms with Crippen molar-refractivity contribution in [2.45, 2.75) is 57.0 Å². The zero-order chi connectivity index (χ0) is 23.1. The van der Waals surface area contributed by atoms with Crippen molar-refractivity contribution in [1.29, 1.82) is 0 Å². The van der Waals surface area contributed by atoms with Gasteiger partial charge >= 0.3 is 12.1 Å². The first kappa shape index (κ1) is 25.2. The Morgan fingerprint density at radius 1 is 1.29 bits per heavy atom. The molecule has 2 aliphatic rings. The van der Waals surface area contributed by atoms with Crippen molar-refractivity contribution in [2.24, 2.45) is 0 Å². The minimum absolute atomic E-state index is 0.00239. The predicted molar refractivity (Wildman–Crippen MR) is 103 cm³/mol. The third-order valence-electron chi connectivity index (χ3n) is 5.34. The quantitative estimate of drug-likeness (QED) is 0.642. The van der Waals surface area contributed by atoms with E-state index in [-0.39, 0.29) is 17.6 Å². The predicted octanol–water partition coefficient (Wildman–Crippen LogP) is 2.50. The molecule has 0 bridgehead atoms. The number of piperidine rings is 1. The van der Waals surface area contributed by atoms with Crippen LogP contribution in [-0.4, -0.2) is 73.1 Å². The number of hydrogen-bond donors (Lipinski definition) is 2. The van der Waals surface area contributed by atoms with Crippen LogP contribution >= 0.6 is 0 Å². The molecule has 1 amide bonds. The third-order valence-corrected chi connectivity index (χ3v) is 5.34. The second kappa shape index (κ2) is 11.0. The molecular weight excluding hydrogens is 421 g/mol. The van der Waals surface area contributed by atoms with Crippen molar-refractivity contribution >= 4 is 11.9 Å². The molecule has 3 rings (SSSR count). The van der Waals surface area contributed by atoms with Gasteiger partial charge in [0.2, 0.25) is 5.91 Å². The topological polar surface area (TPSA) is 101 Å². The van der Waals surface area contributed by atoms with Gasteiger partial charge in [-0.15, -0.1) is 0 Å². The van der Waals surface area contributed by atoms with Crippen LogP contribution in [-0.2, 0) is 25.6 Å². The monoisotopic (exact) mass is 450 g/mol. The number of furan rings is 1. The summed E-state index contributed by atoms with van der Waals surface area (Å²) in [5, 5.41) is 10.0. The molecule has 8 nitrogen and oxygen atoms in total. The van der Waals surface area contributed by atoms with Crippen LogP contribution in [0.15, 0.2) is 16.5 Å². The van der Waals surface area contributed by atoms with Crippen molar-refractivity contribution in [2.75, 3.05) is 33.4 Å². The number of methoxy groups -OCH3 is 1. The van der Waals surface area contributed by atoms with Crippen molar-refractivity contribution in [3.05, 3.63) is 23.7 Å². The summed E-state index contributed by atoms with van der Waals surface area (Å²) in [6.07, 6.45) is -1.64. The fourth-order valence-corrected chi connectivity index (χ4v) is 3.67. The van der Waals surface area contributed by atoms with Crippen molar-refractivity contribution in [1.82, 2.24) is 10.2 Å². The molecule has 0 radical (unpaired) electrons. The number of ether oxygens (including phenoxy) is 2. The molecule has 1 spiro atoms. The highest BCUT2D eigenvalue weighted by atomic mass is 19.4. The molecule has 0 aromatic carbocycles. The number of carbonyl (C=O) groups excluding carboxylic acids is 1. The maximum Gasteiger partial charge on any atom is 0.490 e. The average Bonchev–Trinajstić information content (AvgIpc) is 3.30. The van der Waals surface area contributed by atoms with E-state index in [1.807, 2.05) is 19.1 Å². The number of aryl methyl sites for hydroxylation is 1. The number of nitrogens with one attached hydrogen (secondary N) is 1. The number of rotatable bonds is 6. The Morgan fingerprint density at radius 3 is 2.45 bits per heavy atom. The number of halogens is 3. The highest BCUT2D eigenvalue weighted by Gasteiger charge is 2.44. The number of likely N-dealkylation sites (tertiary alicyclic amines) is 1. The number of carbonyl (C=O) groups is 2. The molecule has 0 aliphatic carbocycles. The normalized spacial score (nSPS) is 20.9. The van der Waals surface area contributed by atoms with Crippen molar-refractivity contribution in [3.63, 3.8) is 0 Å². The van der Waals surface area contributed by atoms with Crippen LogP contribution < -0.4 is 5.32 Å². The van der Waals surface area contributed by atoms with Gasteiger partial charge in [0.25, 0.3) is 0 Å². The van der Waals surface area contributed by atoms with E-state index in [4.69, 9.17) is 23.8 Å². The van der Waals surface area contributed by atoms with Gasteiger partial charge in [-0.2, -0.15) is 13.2 Å². The van der Waals surface area contributed by atoms with Gasteiger partial charge in [-0.05, 0) is 44.7 Å². The number of nitrogens with zero attached hydrogens (tertiary/aromatic N) is 1. The standard InChI is InChI=1S/C18H28N2O4.C2HF3O2/c1-14-3-4-15(23-14)13-20-10-7-18(8-11-20)6-5-16(24-18)17(21)19-9-12-22-2;3-2(4,5)1(6)7/h3-4,16H,5-13H2,1-2H3,(H,19,21);(H,6,7). The lowest BCUT2D eigenvalue weighted by molar-refractivity contribution is -0.192. The van der Waals surface area contributed by atoms with Gasteiger partial charge in [-0.3, -0.25) is 9.69 Å². The SMILES string of the molecule is COCCNC(=O)C1CCC2(CCN(Cc3ccc(C)o3)CC2)O1.O=C(O)C(F)(F)F. The van der Waals surface area contributed by atoms with Crippen LogP contribution in [0.5, 0.6) is 0 Å². The lowest BCUT2D eigenvalue weighted by Gasteiger charge is -2.38. The molecule has 1 aromatic rings. The number of hydrogen-bond acceptors (Lipinski definition) is 6. The lowest BCUT2D eigenvalue weighted by atomic mass is 9.88. The lowest BCUT2D eigenvalue weighted by Crippen LogP contribution is -2.45. The Labute approximate surface area is 178 Å². The molecule has 2 saturated heterocycles. The summed E-state index contributed by atoms with van der Waals surface area (Å²) in [6, 6.07) is 4.06. The van der Waals surface area contributed by atoms with Gasteiger partial charge in [0.15, 0.2) is 0 Å². The number of aliphatic carboxylic acids is 1. The summed E-state index contributed by atoms with van der Waals surface area (Å²) >= 11 is 0. The number of alkyl halides is 3. The van der Waals surface area contributed by atoms with Crippen LogP contribution in [0.3, 0.4) is 0 Å². The van der Waals surface area contributed by atoms with Crippen molar-refractivity contribution in [3.8, 4) is 0 Å². The molecule has 3 heterocycles. The first-order chi connectivity index (χ1) is 14.5. The van der Waals surface area contributed by atoms with E-state index in [1.165, 1.54) is 0 Å². The van der Waals surface area contributed by atoms with E-state index >= 15 is 0 Å². The zero-order valence-corrected chi connectivity index (χ0v) is 17.7. The first-order valence-corrected chi connectivity index (χ1v) is 10.1. The molecule has 11 heteroatoms. The van der Waals surface area contributed by atoms with Gasteiger partial charge in [-0.25, -0.2) is 4.79 Å². The largest absolute Gasteiger partial charge is 0.490 e. The molecule has 2 aliphatic heterocycles. The Kier molecular flexibility index (Phi) is 8.90. The number of amides is 1. The zero-order valence-electron chi connectivity index (χ0n) is 17.7. The Balaban J connectivity index is 0.000000423. The van der Waals surface area contributed by atoms with Gasteiger partial charge in [-0.1, -0.05) is 0 Å². The molecule has 1 unspecified atom stereocenters. The highest BCUT2D eigenvalue weighted by molar-refractivity contribution is 5.81. The van der Waals surface area contributed by atoms with Gasteiger partial charge < -0.3 is 24.3 Å². The van der Waals surface area contributed by atoms with E-state index in [0.29, 0.717) is 13.2 Å². The first-order valence-electron chi connectivity index (χ1n) is 10.1. The molecule has 176 valence electrons. The summed E-state index contributed by atoms with van der Waals surface area (Å²) in [5.41, 5.74) is -0.112. The Morgan fingerprint density at radius 2 is 1.94 bits per heavy atom. The summed E-state index contributed by atoms with van der Waals surface area (Å²) in [7, 11) is 1.63. The Bertz CT molecular complexity index is 729. The van der Waals surface area contributed by atoms with E-state index in [1.54, 1.807) is 7.11 Å². The van der Waals surface area contributed by atoms with Crippen LogP contribution in [0.2, 0.25) is 0 Å². The molecule has 1 aromatic heterocycles. The number of carboxylic acids is 1. The molecule has 2 N–H and O–H groups in total. The number of carboxylic acid groups (broad SMARTS) is 1. The minimum Gasteiger partial charge on any atom is -0.475 e. The molecule has 2 fully saturated rings. The molecule has 1 atom stereocenters. The maximum absolute atomic E-state index is 12.1. The second-order valence-corrected chi connectivity index (χ2v) is 7.70. The van der Waals surface area contributed by atoms with Crippen LogP contribution in [0.25, 0.3) is 0 Å². The summed E-state index contributed by atoms with van der Waals surface area (Å²) < 4.78 is 48.5. The average molecular weight is 450 g/mol. The molecule has 0 saturated carbocycles. The fraction of sp³-hybridized carbons (Fsp3) is 0.700. The summed E-state index contributed by atoms with van der Waals surface area (Å²) in [6.45, 7) is 5.86. The third kappa shape index (κ3) is 7.82. The summed E-state index contributed by atoms with van der Waals surface area (Å²) in [5.74, 6) is -0.781. The van der Waals surface area contributed by atoms with Gasteiger partial charge in [0.1, 0.15) is 17.6 Å². The Hall–Kier alpha value is -2.11. The van der Waals surface area contributed by atoms with Gasteiger partial charge in [0.05, 0.1) is 18.8 Å². The summed E-state index contributed by atoms with van der Waals surface area (Å²) in [4.78, 5) is 23.4. The maximum atomic E-state index is 12.1. The molecule has 31 heavy (non-hydrogen) atoms. The van der Waals surface area contributed by atoms with Gasteiger partial charge in [0, 0.05) is 26.7 Å². The van der Waals surface area contributed by atoms with E-state index in [9.17, 15) is 18.0 Å². The van der Waals surface area contributed by atoms with Crippen molar-refractivity contribution < 1.29 is 41.8 Å². The minimum atomic E-state index is -5.08. The second-order valence-electron chi connectivity index (χ2n) is 7.70. The molecular formula is C20H29F3N2O6. The van der Waals surface area contributed by atoms with E-state index < -0.39 is 12.1 Å². The fourth-order valence-electron chi connectivity index (χ4n) is 3.67. The smallest absolute Gasteiger partial charge is 0.475 e. The highest BCUT2D eigenvalue weighted by Crippen LogP contribution is 2.39. The van der Waals surface area contributed by atoms with E-state index in [0.717, 1.165) is 56.8 Å². The van der Waals surface area contributed by atoms with Crippen LogP contribution in [0.4, 0.5) is 13.2 Å². The van der Waals surface area contributed by atoms with Crippen LogP contribution in [0.1, 0.15) is 37.2 Å².